The zero-order chi connectivity index (χ0) is 46.4. The summed E-state index contributed by atoms with van der Waals surface area (Å²) >= 11 is 2.69. The molecule has 2 fully saturated rings. The molecule has 8 aromatic rings. The Morgan fingerprint density at radius 1 is 0.691 bits per heavy atom. The monoisotopic (exact) mass is 950 g/mol. The molecule has 346 valence electrons. The first kappa shape index (κ1) is 44.1. The fraction of sp³-hybridized carbons (Fsp3) is 0.234. The van der Waals surface area contributed by atoms with Crippen LogP contribution in [0.4, 0.5) is 22.7 Å². The highest BCUT2D eigenvalue weighted by Crippen LogP contribution is 2.32. The molecule has 2 saturated heterocycles. The fourth-order valence-corrected chi connectivity index (χ4v) is 9.55. The third-order valence-corrected chi connectivity index (χ3v) is 13.1. The van der Waals surface area contributed by atoms with Gasteiger partial charge in [-0.2, -0.15) is 10.2 Å². The number of carbonyl (C=O) groups is 2. The lowest BCUT2D eigenvalue weighted by Gasteiger charge is -2.36. The van der Waals surface area contributed by atoms with E-state index in [0.717, 1.165) is 48.9 Å². The molecule has 1 atom stereocenters. The standard InChI is InChI=1S/C47H46N14O5S2/c1-64-42-8-7-31(23-43(42)65-2)60-18-11-32(56-60)46-54-37(28-67-46)45(63)53-35-25-50-14-10-39(35)59-22-17-51-30(26-59)27-66-41-6-4-3-5-40(41)61-19-12-33(57-61)47-55-36(29-68-47)44(62)52-34-24-49-13-9-38(34)58-20-15-48-16-21-58/h3-14,18-19,23-25,28-30,48,51H,15-17,20-22,26-27H2,1-2H3,(H,52,62)(H,53,63). The van der Waals surface area contributed by atoms with Gasteiger partial charge in [0.05, 0.1) is 61.1 Å². The molecule has 2 amide bonds. The van der Waals surface area contributed by atoms with Gasteiger partial charge in [0, 0.05) is 87.4 Å². The number of hydrogen-bond donors (Lipinski definition) is 4. The summed E-state index contributed by atoms with van der Waals surface area (Å²) in [6.07, 6.45) is 10.5. The van der Waals surface area contributed by atoms with Gasteiger partial charge < -0.3 is 45.3 Å². The summed E-state index contributed by atoms with van der Waals surface area (Å²) in [5.74, 6) is 1.21. The van der Waals surface area contributed by atoms with Gasteiger partial charge in [0.15, 0.2) is 11.5 Å². The van der Waals surface area contributed by atoms with E-state index >= 15 is 0 Å². The van der Waals surface area contributed by atoms with E-state index in [1.165, 1.54) is 22.7 Å². The number of hydrogen-bond acceptors (Lipinski definition) is 17. The molecule has 10 rings (SSSR count). The van der Waals surface area contributed by atoms with Gasteiger partial charge in [0.25, 0.3) is 11.8 Å². The number of nitrogens with zero attached hydrogens (tertiary/aromatic N) is 10. The Morgan fingerprint density at radius 2 is 1.31 bits per heavy atom. The minimum absolute atomic E-state index is 0.0406. The van der Waals surface area contributed by atoms with Crippen molar-refractivity contribution in [2.45, 2.75) is 6.04 Å². The Morgan fingerprint density at radius 3 is 1.99 bits per heavy atom. The average molecular weight is 951 g/mol. The second-order valence-corrected chi connectivity index (χ2v) is 17.4. The molecule has 68 heavy (non-hydrogen) atoms. The Hall–Kier alpha value is -7.72. The maximum atomic E-state index is 13.6. The van der Waals surface area contributed by atoms with Gasteiger partial charge in [0.2, 0.25) is 0 Å². The minimum atomic E-state index is -0.351. The van der Waals surface area contributed by atoms with Crippen LogP contribution in [-0.4, -0.2) is 124 Å². The van der Waals surface area contributed by atoms with Crippen molar-refractivity contribution < 1.29 is 23.8 Å². The van der Waals surface area contributed by atoms with E-state index in [2.05, 4.69) is 51.0 Å². The molecular weight excluding hydrogens is 905 g/mol. The summed E-state index contributed by atoms with van der Waals surface area (Å²) in [6.45, 7) is 5.83. The first-order valence-corrected chi connectivity index (χ1v) is 23.6. The van der Waals surface area contributed by atoms with E-state index in [0.29, 0.717) is 82.0 Å². The van der Waals surface area contributed by atoms with E-state index in [1.54, 1.807) is 59.1 Å². The van der Waals surface area contributed by atoms with Crippen LogP contribution in [0.25, 0.3) is 32.8 Å². The predicted octanol–water partition coefficient (Wildman–Crippen LogP) is 5.88. The number of para-hydroxylation sites is 2. The normalized spacial score (nSPS) is 14.9. The molecule has 21 heteroatoms. The first-order valence-electron chi connectivity index (χ1n) is 21.8. The number of thiazole rings is 2. The summed E-state index contributed by atoms with van der Waals surface area (Å²) in [4.78, 5) is 49.3. The highest BCUT2D eigenvalue weighted by atomic mass is 32.1. The van der Waals surface area contributed by atoms with E-state index in [4.69, 9.17) is 24.4 Å². The van der Waals surface area contributed by atoms with E-state index in [9.17, 15) is 9.59 Å². The van der Waals surface area contributed by atoms with Gasteiger partial charge in [-0.15, -0.1) is 22.7 Å². The van der Waals surface area contributed by atoms with E-state index in [-0.39, 0.29) is 23.6 Å². The fourth-order valence-electron chi connectivity index (χ4n) is 8.02. The molecule has 0 saturated carbocycles. The second kappa shape index (κ2) is 20.0. The molecule has 4 N–H and O–H groups in total. The molecule has 2 aliphatic heterocycles. The van der Waals surface area contributed by atoms with Crippen LogP contribution in [0.1, 0.15) is 21.0 Å². The minimum Gasteiger partial charge on any atom is -0.493 e. The third-order valence-electron chi connectivity index (χ3n) is 11.4. The van der Waals surface area contributed by atoms with Crippen LogP contribution in [-0.2, 0) is 0 Å². The highest BCUT2D eigenvalue weighted by molar-refractivity contribution is 7.13. The number of carbonyl (C=O) groups excluding carboxylic acids is 2. The number of methoxy groups -OCH3 is 2. The van der Waals surface area contributed by atoms with Crippen molar-refractivity contribution in [1.82, 2.24) is 50.1 Å². The number of pyridine rings is 2. The highest BCUT2D eigenvalue weighted by Gasteiger charge is 2.25. The van der Waals surface area contributed by atoms with Gasteiger partial charge in [0.1, 0.15) is 50.8 Å². The van der Waals surface area contributed by atoms with Crippen molar-refractivity contribution >= 4 is 57.2 Å². The van der Waals surface area contributed by atoms with Gasteiger partial charge in [-0.05, 0) is 48.5 Å². The summed E-state index contributed by atoms with van der Waals surface area (Å²) in [5.41, 5.74) is 6.38. The molecular formula is C47H46N14O5S2. The number of rotatable bonds is 15. The first-order chi connectivity index (χ1) is 33.4. The number of ether oxygens (including phenoxy) is 3. The SMILES string of the molecule is COc1ccc(-n2ccc(-c3nc(C(=O)Nc4cnccc4N4CCNC(COc5ccccc5-n5ccc(-c6nc(C(=O)Nc7cnccc7N7CCNCC7)cs6)n5)C4)cs3)n2)cc1OC. The maximum Gasteiger partial charge on any atom is 0.275 e. The molecule has 0 spiro atoms. The Balaban J connectivity index is 0.762. The van der Waals surface area contributed by atoms with Crippen LogP contribution in [0.2, 0.25) is 0 Å². The van der Waals surface area contributed by atoms with Crippen molar-refractivity contribution in [1.29, 1.82) is 0 Å². The van der Waals surface area contributed by atoms with Gasteiger partial charge in [-0.1, -0.05) is 12.1 Å². The largest absolute Gasteiger partial charge is 0.493 e. The average Bonchev–Trinajstić information content (AvgIpc) is 4.25. The predicted molar refractivity (Wildman–Crippen MR) is 261 cm³/mol. The van der Waals surface area contributed by atoms with Gasteiger partial charge in [-0.25, -0.2) is 19.3 Å². The number of aromatic nitrogens is 8. The molecule has 0 bridgehead atoms. The molecule has 6 aromatic heterocycles. The lowest BCUT2D eigenvalue weighted by Crippen LogP contribution is -2.53. The Labute approximate surface area is 398 Å². The number of benzene rings is 2. The summed E-state index contributed by atoms with van der Waals surface area (Å²) in [5, 5.41) is 27.2. The van der Waals surface area contributed by atoms with Crippen LogP contribution >= 0.6 is 22.7 Å². The van der Waals surface area contributed by atoms with E-state index in [1.807, 2.05) is 79.1 Å². The van der Waals surface area contributed by atoms with Crippen LogP contribution < -0.4 is 45.3 Å². The van der Waals surface area contributed by atoms with Crippen LogP contribution in [0, 0.1) is 0 Å². The summed E-state index contributed by atoms with van der Waals surface area (Å²) in [7, 11) is 3.18. The van der Waals surface area contributed by atoms with E-state index < -0.39 is 0 Å². The maximum absolute atomic E-state index is 13.6. The number of piperazine rings is 2. The zero-order valence-electron chi connectivity index (χ0n) is 37.0. The molecule has 0 radical (unpaired) electrons. The second-order valence-electron chi connectivity index (χ2n) is 15.7. The number of nitrogens with one attached hydrogen (secondary N) is 4. The quantitative estimate of drug-likeness (QED) is 0.0948. The Bertz CT molecular complexity index is 3050. The lowest BCUT2D eigenvalue weighted by molar-refractivity contribution is 0.101. The molecule has 2 aromatic carbocycles. The zero-order valence-corrected chi connectivity index (χ0v) is 38.7. The van der Waals surface area contributed by atoms with Gasteiger partial charge in [-0.3, -0.25) is 19.6 Å². The van der Waals surface area contributed by atoms with Crippen molar-refractivity contribution in [2.24, 2.45) is 0 Å². The van der Waals surface area contributed by atoms with Crippen LogP contribution in [0.5, 0.6) is 17.2 Å². The molecule has 8 heterocycles. The van der Waals surface area contributed by atoms with Crippen LogP contribution in [0.15, 0.2) is 115 Å². The summed E-state index contributed by atoms with van der Waals surface area (Å²) < 4.78 is 20.8. The van der Waals surface area contributed by atoms with Crippen molar-refractivity contribution in [2.75, 3.05) is 87.1 Å². The third kappa shape index (κ3) is 9.58. The van der Waals surface area contributed by atoms with Crippen molar-refractivity contribution in [3.63, 3.8) is 0 Å². The molecule has 0 aliphatic carbocycles. The molecule has 19 nitrogen and oxygen atoms in total. The van der Waals surface area contributed by atoms with Gasteiger partial charge >= 0.3 is 0 Å². The van der Waals surface area contributed by atoms with Crippen molar-refractivity contribution in [3.8, 4) is 50.0 Å². The van der Waals surface area contributed by atoms with Crippen LogP contribution in [0.3, 0.4) is 0 Å². The molecule has 2 aliphatic rings. The Kier molecular flexibility index (Phi) is 13.0. The smallest absolute Gasteiger partial charge is 0.275 e. The lowest BCUT2D eigenvalue weighted by atomic mass is 10.2. The number of amides is 2. The topological polar surface area (TPSA) is 204 Å². The summed E-state index contributed by atoms with van der Waals surface area (Å²) in [6, 6.07) is 20.8. The number of anilines is 4. The molecule has 1 unspecified atom stereocenters. The van der Waals surface area contributed by atoms with Crippen molar-refractivity contribution in [3.05, 3.63) is 126 Å².